The number of amides is 1. The largest absolute Gasteiger partial charge is 0.396 e. The van der Waals surface area contributed by atoms with Gasteiger partial charge in [0.25, 0.3) is 0 Å². The number of carbonyl (C=O) groups excluding carboxylic acids is 1. The molecule has 0 aromatic heterocycles. The van der Waals surface area contributed by atoms with Crippen molar-refractivity contribution < 1.29 is 9.90 Å². The van der Waals surface area contributed by atoms with E-state index in [1.54, 1.807) is 6.92 Å². The lowest BCUT2D eigenvalue weighted by Gasteiger charge is -2.30. The normalized spacial score (nSPS) is 27.6. The molecule has 1 aliphatic carbocycles. The number of carbonyl (C=O) groups is 1. The highest BCUT2D eigenvalue weighted by Gasteiger charge is 2.37. The van der Waals surface area contributed by atoms with Gasteiger partial charge in [-0.05, 0) is 42.9 Å². The minimum absolute atomic E-state index is 0.0521. The van der Waals surface area contributed by atoms with Crippen molar-refractivity contribution in [2.24, 2.45) is 23.7 Å². The highest BCUT2D eigenvalue weighted by atomic mass is 16.3. The standard InChI is InChI=1S/C17H31NO2/c1-5-13(6-2)10-17(18-12(4)20)16-9-14(11-19)8-15(16)7-3/h7,13-17,19H,3,5-6,8-11H2,1-2,4H3,(H,18,20)/t14-,15-,16-,17-/m0/s1. The Balaban J connectivity index is 2.79. The molecule has 3 nitrogen and oxygen atoms in total. The molecule has 1 aliphatic rings. The summed E-state index contributed by atoms with van der Waals surface area (Å²) in [5.74, 6) is 1.91. The van der Waals surface area contributed by atoms with Crippen LogP contribution in [0.5, 0.6) is 0 Å². The zero-order valence-electron chi connectivity index (χ0n) is 13.3. The van der Waals surface area contributed by atoms with Crippen LogP contribution in [0, 0.1) is 23.7 Å². The summed E-state index contributed by atoms with van der Waals surface area (Å²) >= 11 is 0. The Hall–Kier alpha value is -0.830. The number of hydrogen-bond acceptors (Lipinski definition) is 2. The van der Waals surface area contributed by atoms with Crippen LogP contribution in [0.4, 0.5) is 0 Å². The molecule has 0 saturated heterocycles. The molecule has 4 atom stereocenters. The van der Waals surface area contributed by atoms with Crippen molar-refractivity contribution in [3.63, 3.8) is 0 Å². The van der Waals surface area contributed by atoms with Crippen LogP contribution in [0.15, 0.2) is 12.7 Å². The van der Waals surface area contributed by atoms with E-state index in [9.17, 15) is 9.90 Å². The zero-order chi connectivity index (χ0) is 15.1. The molecule has 116 valence electrons. The lowest BCUT2D eigenvalue weighted by Crippen LogP contribution is -2.41. The van der Waals surface area contributed by atoms with E-state index < -0.39 is 0 Å². The molecule has 1 saturated carbocycles. The Morgan fingerprint density at radius 1 is 1.40 bits per heavy atom. The van der Waals surface area contributed by atoms with E-state index in [0.717, 1.165) is 32.1 Å². The lowest BCUT2D eigenvalue weighted by molar-refractivity contribution is -0.120. The molecule has 0 bridgehead atoms. The molecule has 0 radical (unpaired) electrons. The molecular weight excluding hydrogens is 250 g/mol. The van der Waals surface area contributed by atoms with Crippen molar-refractivity contribution in [1.29, 1.82) is 0 Å². The van der Waals surface area contributed by atoms with E-state index in [4.69, 9.17) is 0 Å². The van der Waals surface area contributed by atoms with Gasteiger partial charge in [-0.3, -0.25) is 4.79 Å². The van der Waals surface area contributed by atoms with Crippen LogP contribution in [0.1, 0.15) is 52.9 Å². The number of allylic oxidation sites excluding steroid dienone is 1. The molecule has 1 amide bonds. The summed E-state index contributed by atoms with van der Waals surface area (Å²) in [6.45, 7) is 10.2. The maximum absolute atomic E-state index is 11.5. The second kappa shape index (κ2) is 8.46. The second-order valence-electron chi connectivity index (χ2n) is 6.31. The number of nitrogens with one attached hydrogen (secondary N) is 1. The fraction of sp³-hybridized carbons (Fsp3) is 0.824. The van der Waals surface area contributed by atoms with Crippen LogP contribution >= 0.6 is 0 Å². The Kier molecular flexibility index (Phi) is 7.28. The van der Waals surface area contributed by atoms with Gasteiger partial charge in [0, 0.05) is 19.6 Å². The molecule has 0 unspecified atom stereocenters. The zero-order valence-corrected chi connectivity index (χ0v) is 13.3. The maximum atomic E-state index is 11.5. The molecule has 0 aromatic carbocycles. The van der Waals surface area contributed by atoms with Crippen molar-refractivity contribution in [2.75, 3.05) is 6.61 Å². The summed E-state index contributed by atoms with van der Waals surface area (Å²) in [7, 11) is 0. The Morgan fingerprint density at radius 3 is 2.50 bits per heavy atom. The third-order valence-electron chi connectivity index (χ3n) is 4.97. The highest BCUT2D eigenvalue weighted by molar-refractivity contribution is 5.73. The SMILES string of the molecule is C=C[C@H]1C[C@H](CO)C[C@@H]1[C@H](CC(CC)CC)NC(C)=O. The first-order valence-electron chi connectivity index (χ1n) is 8.06. The van der Waals surface area contributed by atoms with Gasteiger partial charge in [0.1, 0.15) is 0 Å². The van der Waals surface area contributed by atoms with E-state index in [2.05, 4.69) is 25.7 Å². The molecule has 2 N–H and O–H groups in total. The van der Waals surface area contributed by atoms with Crippen molar-refractivity contribution in [3.8, 4) is 0 Å². The second-order valence-corrected chi connectivity index (χ2v) is 6.31. The summed E-state index contributed by atoms with van der Waals surface area (Å²) in [5, 5.41) is 12.6. The Bertz CT molecular complexity index is 312. The molecule has 0 spiro atoms. The number of aliphatic hydroxyl groups is 1. The number of hydrogen-bond donors (Lipinski definition) is 2. The molecule has 0 aromatic rings. The summed E-state index contributed by atoms with van der Waals surface area (Å²) in [5.41, 5.74) is 0. The fourth-order valence-corrected chi connectivity index (χ4v) is 3.68. The topological polar surface area (TPSA) is 49.3 Å². The van der Waals surface area contributed by atoms with Crippen LogP contribution < -0.4 is 5.32 Å². The van der Waals surface area contributed by atoms with Gasteiger partial charge in [-0.15, -0.1) is 6.58 Å². The van der Waals surface area contributed by atoms with E-state index in [1.807, 2.05) is 6.08 Å². The highest BCUT2D eigenvalue weighted by Crippen LogP contribution is 2.40. The van der Waals surface area contributed by atoms with Gasteiger partial charge < -0.3 is 10.4 Å². The average Bonchev–Trinajstić information content (AvgIpc) is 2.86. The number of rotatable bonds is 8. The molecular formula is C17H31NO2. The molecule has 3 heteroatoms. The third-order valence-corrected chi connectivity index (χ3v) is 4.97. The van der Waals surface area contributed by atoms with Crippen molar-refractivity contribution in [2.45, 2.75) is 58.9 Å². The molecule has 1 fully saturated rings. The third kappa shape index (κ3) is 4.62. The fourth-order valence-electron chi connectivity index (χ4n) is 3.68. The van der Waals surface area contributed by atoms with E-state index in [1.165, 1.54) is 0 Å². The first-order chi connectivity index (χ1) is 9.55. The van der Waals surface area contributed by atoms with Gasteiger partial charge in [0.05, 0.1) is 0 Å². The average molecular weight is 281 g/mol. The van der Waals surface area contributed by atoms with Crippen molar-refractivity contribution in [3.05, 3.63) is 12.7 Å². The van der Waals surface area contributed by atoms with Crippen molar-refractivity contribution >= 4 is 5.91 Å². The minimum atomic E-state index is 0.0521. The number of aliphatic hydroxyl groups excluding tert-OH is 1. The minimum Gasteiger partial charge on any atom is -0.396 e. The summed E-state index contributed by atoms with van der Waals surface area (Å²) < 4.78 is 0. The Labute approximate surface area is 123 Å². The van der Waals surface area contributed by atoms with Crippen LogP contribution in [0.25, 0.3) is 0 Å². The van der Waals surface area contributed by atoms with Gasteiger partial charge >= 0.3 is 0 Å². The van der Waals surface area contributed by atoms with Crippen LogP contribution in [0.2, 0.25) is 0 Å². The van der Waals surface area contributed by atoms with E-state index in [-0.39, 0.29) is 18.6 Å². The predicted octanol–water partition coefficient (Wildman–Crippen LogP) is 3.14. The molecule has 20 heavy (non-hydrogen) atoms. The maximum Gasteiger partial charge on any atom is 0.217 e. The van der Waals surface area contributed by atoms with Crippen LogP contribution in [-0.4, -0.2) is 23.7 Å². The van der Waals surface area contributed by atoms with Gasteiger partial charge in [-0.25, -0.2) is 0 Å². The van der Waals surface area contributed by atoms with Gasteiger partial charge in [-0.2, -0.15) is 0 Å². The van der Waals surface area contributed by atoms with Gasteiger partial charge in [0.15, 0.2) is 0 Å². The van der Waals surface area contributed by atoms with Gasteiger partial charge in [-0.1, -0.05) is 32.8 Å². The first-order valence-corrected chi connectivity index (χ1v) is 8.06. The summed E-state index contributed by atoms with van der Waals surface area (Å²) in [6.07, 6.45) is 7.37. The summed E-state index contributed by atoms with van der Waals surface area (Å²) in [4.78, 5) is 11.5. The smallest absolute Gasteiger partial charge is 0.217 e. The predicted molar refractivity (Wildman–Crippen MR) is 83.3 cm³/mol. The molecule has 0 heterocycles. The van der Waals surface area contributed by atoms with E-state index >= 15 is 0 Å². The molecule has 0 aliphatic heterocycles. The van der Waals surface area contributed by atoms with Crippen molar-refractivity contribution in [1.82, 2.24) is 5.32 Å². The first kappa shape index (κ1) is 17.2. The monoisotopic (exact) mass is 281 g/mol. The van der Waals surface area contributed by atoms with Gasteiger partial charge in [0.2, 0.25) is 5.91 Å². The summed E-state index contributed by atoms with van der Waals surface area (Å²) in [6, 6.07) is 0.219. The lowest BCUT2D eigenvalue weighted by atomic mass is 9.82. The van der Waals surface area contributed by atoms with Crippen LogP contribution in [0.3, 0.4) is 0 Å². The van der Waals surface area contributed by atoms with E-state index in [0.29, 0.717) is 23.7 Å². The Morgan fingerprint density at radius 2 is 2.05 bits per heavy atom. The quantitative estimate of drug-likeness (QED) is 0.672. The van der Waals surface area contributed by atoms with Crippen LogP contribution in [-0.2, 0) is 4.79 Å². The molecule has 1 rings (SSSR count).